The molecule has 16 rings (SSSR count). The minimum Gasteiger partial charge on any atom is -0.455 e. The summed E-state index contributed by atoms with van der Waals surface area (Å²) < 4.78 is 107. The molecule has 3 aliphatic heterocycles. The number of aromatic amines is 2. The summed E-state index contributed by atoms with van der Waals surface area (Å²) in [6.07, 6.45) is 24.6. The van der Waals surface area contributed by atoms with E-state index < -0.39 is 70.7 Å². The first-order valence-corrected chi connectivity index (χ1v) is 53.3. The number of nitrogens with one attached hydrogen (secondary N) is 4. The van der Waals surface area contributed by atoms with Crippen LogP contribution in [0.4, 0.5) is 22.7 Å². The number of rotatable bonds is 29. The Morgan fingerprint density at radius 3 is 1.39 bits per heavy atom. The summed E-state index contributed by atoms with van der Waals surface area (Å²) in [7, 11) is -13.5. The Balaban J connectivity index is 0.000000202. The van der Waals surface area contributed by atoms with Gasteiger partial charge in [0.05, 0.1) is 61.9 Å². The van der Waals surface area contributed by atoms with E-state index >= 15 is 0 Å². The molecule has 4 N–H and O–H groups in total. The van der Waals surface area contributed by atoms with Gasteiger partial charge in [-0.25, -0.2) is 40.6 Å². The smallest absolute Gasteiger partial charge is 0.273 e. The second-order valence-electron chi connectivity index (χ2n) is 37.9. The van der Waals surface area contributed by atoms with Crippen LogP contribution >= 0.6 is 23.2 Å². The number of benzene rings is 6. The first-order chi connectivity index (χ1) is 62.8. The van der Waals surface area contributed by atoms with E-state index in [-0.39, 0.29) is 63.4 Å². The van der Waals surface area contributed by atoms with Crippen LogP contribution in [0, 0.1) is 42.9 Å². The number of H-pyrrole nitrogens is 2. The lowest BCUT2D eigenvalue weighted by Gasteiger charge is -2.39. The Morgan fingerprint density at radius 1 is 0.553 bits per heavy atom. The SMILES string of the molecule is C=S(C)(=O)CC1CCC(CCc2ccc(S(=O)(=O)NC(=O)c3ccc(N4CCN(CC5=C(c6ccc(Cl)cc6)CC(C)(C)CC5)CC4)cc3Oc3cnc4[nH]ccc4c3)cc2[N+](=O)[O-])CC1.CC1(C)CCC(CN2CCN(c3ccc(C(=O)NS(=O)(=O)c4ccc(CCC5CCC(N=S(C)(C)=O)CO5)c([N+](=O)[O-])c4)c(Oc4cnc5[nH]ccc5c4)c3)CC2)=C(c2ccc(Cl)cc2)C1. The van der Waals surface area contributed by atoms with Crippen LogP contribution in [0.15, 0.2) is 196 Å². The minimum atomic E-state index is -4.59. The quantitative estimate of drug-likeness (QED) is 0.0192. The van der Waals surface area contributed by atoms with E-state index in [9.17, 15) is 55.1 Å². The lowest BCUT2D eigenvalue weighted by atomic mass is 9.72. The van der Waals surface area contributed by atoms with Gasteiger partial charge in [0.15, 0.2) is 0 Å². The lowest BCUT2D eigenvalue weighted by Crippen LogP contribution is -2.47. The van der Waals surface area contributed by atoms with Crippen molar-refractivity contribution in [2.75, 3.05) is 106 Å². The molecule has 7 heterocycles. The van der Waals surface area contributed by atoms with Crippen molar-refractivity contribution in [3.63, 3.8) is 0 Å². The maximum absolute atomic E-state index is 14.0. The van der Waals surface area contributed by atoms with Crippen LogP contribution < -0.4 is 28.7 Å². The second kappa shape index (κ2) is 40.7. The molecule has 2 amide bonds. The Labute approximate surface area is 782 Å². The van der Waals surface area contributed by atoms with Crippen LogP contribution in [-0.4, -0.2) is 191 Å². The highest BCUT2D eigenvalue weighted by molar-refractivity contribution is 7.99. The number of ether oxygens (including phenoxy) is 3. The molecule has 3 saturated heterocycles. The number of allylic oxidation sites excluding steroid dienone is 2. The number of aryl methyl sites for hydroxylation is 2. The number of sulfonamides is 2. The van der Waals surface area contributed by atoms with Gasteiger partial charge in [-0.15, -0.1) is 0 Å². The average molecular weight is 1910 g/mol. The van der Waals surface area contributed by atoms with E-state index in [0.717, 1.165) is 161 Å². The summed E-state index contributed by atoms with van der Waals surface area (Å²) >= 11 is 12.5. The number of fused-ring (bicyclic) bond motifs is 2. The fourth-order valence-electron chi connectivity index (χ4n) is 18.9. The topological polar surface area (TPSA) is 357 Å². The van der Waals surface area contributed by atoms with Crippen LogP contribution in [0.1, 0.15) is 161 Å². The highest BCUT2D eigenvalue weighted by Gasteiger charge is 2.36. The van der Waals surface area contributed by atoms with Crippen molar-refractivity contribution in [3.8, 4) is 23.0 Å². The normalized spacial score (nSPS) is 19.8. The standard InChI is InChI=1S/C50H59ClN6O7S2.C48H56ClN7O8S2/c1-50(2)21-19-39(45(30-50)36-11-14-40(51)15-12-36)32-55-23-25-56(26-24-55)41-16-18-44(47(28-41)64-42-27-38-20-22-52-48(38)53-31-42)49(58)54-66(62,63)43-17-13-37(46(29-43)57(59)60)10-9-34-5-7-35(8-6-34)33-65(3,4)61;1-48(2)19-17-35(43(28-48)32-5-9-36(49)10-6-32)30-54-21-23-55(24-22-54)38-12-16-42(45(26-38)64-40-25-34-18-20-50-46(34)51-29-40)47(57)53-66(61,62)41-15-8-33(44(27-41)56(58)59)7-13-39-14-11-37(31-63-39)52-65(3,4)60/h11-18,20,22,27-29,31,34-35H,3,5-10,19,21,23-26,30,32-33H2,1-2,4H3,(H,52,53)(H,54,58);5-6,8-10,12,15-16,18,20,25-27,29,37,39H,7,11,13-14,17,19,21-24,28,30-31H2,1-4H3,(H,50,51)(H,53,57). The molecule has 6 aromatic carbocycles. The van der Waals surface area contributed by atoms with Gasteiger partial charge in [-0.05, 0) is 235 Å². The van der Waals surface area contributed by atoms with Crippen LogP contribution in [0.25, 0.3) is 33.2 Å². The molecule has 3 atom stereocenters. The molecule has 3 aliphatic carbocycles. The summed E-state index contributed by atoms with van der Waals surface area (Å²) in [5.41, 5.74) is 11.5. The molecule has 6 aliphatic rings. The third kappa shape index (κ3) is 24.9. The van der Waals surface area contributed by atoms with Gasteiger partial charge in [0.25, 0.3) is 43.2 Å². The number of carbonyl (C=O) groups excluding carboxylic acids is 2. The molecule has 4 aromatic heterocycles. The van der Waals surface area contributed by atoms with E-state index in [0.29, 0.717) is 103 Å². The Kier molecular flexibility index (Phi) is 29.6. The number of hydrogen-bond acceptors (Lipinski definition) is 22. The zero-order valence-electron chi connectivity index (χ0n) is 75.5. The number of nitro groups is 2. The number of amides is 2. The second-order valence-corrected chi connectivity index (χ2v) is 47.4. The lowest BCUT2D eigenvalue weighted by molar-refractivity contribution is -0.385. The largest absolute Gasteiger partial charge is 0.455 e. The van der Waals surface area contributed by atoms with E-state index in [1.807, 2.05) is 36.4 Å². The Hall–Kier alpha value is -10.6. The fourth-order valence-corrected chi connectivity index (χ4v) is 23.4. The van der Waals surface area contributed by atoms with Crippen LogP contribution in [0.3, 0.4) is 0 Å². The minimum absolute atomic E-state index is 0.0330. The fraction of sp³-hybridized carbons (Fsp3) is 0.418. The summed E-state index contributed by atoms with van der Waals surface area (Å²) in [4.78, 5) is 74.9. The number of pyridine rings is 2. The molecule has 28 nitrogen and oxygen atoms in total. The number of anilines is 2. The number of nitrogens with zero attached hydrogens (tertiary/aromatic N) is 9. The van der Waals surface area contributed by atoms with Crippen molar-refractivity contribution < 1.29 is 58.9 Å². The molecule has 0 bridgehead atoms. The highest BCUT2D eigenvalue weighted by Crippen LogP contribution is 2.47. The third-order valence-electron chi connectivity index (χ3n) is 26.1. The molecule has 34 heteroatoms. The number of aromatic nitrogens is 4. The molecule has 0 spiro atoms. The Morgan fingerprint density at radius 2 is 0.985 bits per heavy atom. The molecule has 700 valence electrons. The van der Waals surface area contributed by atoms with Gasteiger partial charge < -0.3 is 34.0 Å². The zero-order chi connectivity index (χ0) is 93.6. The number of nitro benzene ring substituents is 2. The van der Waals surface area contributed by atoms with E-state index in [2.05, 4.69) is 111 Å². The van der Waals surface area contributed by atoms with Gasteiger partial charge in [0, 0.05) is 180 Å². The van der Waals surface area contributed by atoms with Crippen LogP contribution in [-0.2, 0) is 56.9 Å². The molecule has 132 heavy (non-hydrogen) atoms. The maximum Gasteiger partial charge on any atom is 0.273 e. The molecular weight excluding hydrogens is 1800 g/mol. The van der Waals surface area contributed by atoms with Crippen molar-refractivity contribution in [1.29, 1.82) is 0 Å². The maximum atomic E-state index is 14.0. The summed E-state index contributed by atoms with van der Waals surface area (Å²) in [5.74, 6) is 4.17. The molecule has 4 fully saturated rings. The highest BCUT2D eigenvalue weighted by atomic mass is 35.5. The third-order valence-corrected chi connectivity index (χ3v) is 31.3. The van der Waals surface area contributed by atoms with Crippen molar-refractivity contribution >= 4 is 136 Å². The van der Waals surface area contributed by atoms with Gasteiger partial charge >= 0.3 is 0 Å². The molecule has 0 radical (unpaired) electrons. The van der Waals surface area contributed by atoms with Crippen LogP contribution in [0.2, 0.25) is 10.0 Å². The predicted octanol–water partition coefficient (Wildman–Crippen LogP) is 18.9. The van der Waals surface area contributed by atoms with Crippen molar-refractivity contribution in [1.82, 2.24) is 39.2 Å². The van der Waals surface area contributed by atoms with Crippen molar-refractivity contribution in [2.45, 2.75) is 152 Å². The van der Waals surface area contributed by atoms with Gasteiger partial charge in [0.1, 0.15) is 34.3 Å². The van der Waals surface area contributed by atoms with Gasteiger partial charge in [-0.2, -0.15) is 0 Å². The summed E-state index contributed by atoms with van der Waals surface area (Å²) in [6.45, 7) is 17.5. The first-order valence-electron chi connectivity index (χ1n) is 44.9. The van der Waals surface area contributed by atoms with Gasteiger partial charge in [-0.1, -0.05) is 111 Å². The molecule has 10 aromatic rings. The molecular formula is C98H115Cl2N13O15S4. The summed E-state index contributed by atoms with van der Waals surface area (Å²) in [5, 5.41) is 27.5. The average Bonchev–Trinajstić information content (AvgIpc) is 1.15. The summed E-state index contributed by atoms with van der Waals surface area (Å²) in [6, 6.07) is 41.0. The molecule has 1 saturated carbocycles. The Bertz CT molecular complexity index is 6530. The predicted molar refractivity (Wildman–Crippen MR) is 523 cm³/mol. The first kappa shape index (κ1) is 96.0. The van der Waals surface area contributed by atoms with Crippen molar-refractivity contribution in [3.05, 3.63) is 245 Å². The number of piperazine rings is 2. The van der Waals surface area contributed by atoms with E-state index in [1.165, 1.54) is 76.1 Å². The van der Waals surface area contributed by atoms with E-state index in [4.69, 9.17) is 37.4 Å². The van der Waals surface area contributed by atoms with Crippen LogP contribution in [0.5, 0.6) is 23.0 Å². The van der Waals surface area contributed by atoms with Crippen molar-refractivity contribution in [2.24, 2.45) is 27.0 Å². The number of halogens is 2. The van der Waals surface area contributed by atoms with Gasteiger partial charge in [-0.3, -0.25) is 48.0 Å². The molecule has 3 unspecified atom stereocenters. The monoisotopic (exact) mass is 1910 g/mol. The number of hydrogen-bond donors (Lipinski definition) is 4. The van der Waals surface area contributed by atoms with Gasteiger partial charge in [0.2, 0.25) is 0 Å². The zero-order valence-corrected chi connectivity index (χ0v) is 80.3. The number of carbonyl (C=O) groups is 2. The van der Waals surface area contributed by atoms with E-state index in [1.54, 1.807) is 73.6 Å².